The maximum atomic E-state index is 13.8. The third kappa shape index (κ3) is 11.0. The number of rotatable bonds is 11. The molecule has 2 aromatic rings. The van der Waals surface area contributed by atoms with Crippen LogP contribution in [-0.2, 0) is 22.4 Å². The van der Waals surface area contributed by atoms with Gasteiger partial charge in [0.2, 0.25) is 0 Å². The van der Waals surface area contributed by atoms with Gasteiger partial charge in [0.1, 0.15) is 11.6 Å². The minimum atomic E-state index is -0.981. The Labute approximate surface area is 233 Å². The molecule has 0 aromatic heterocycles. The number of ether oxygens (including phenoxy) is 1. The molecule has 1 unspecified atom stereocenters. The third-order valence-electron chi connectivity index (χ3n) is 5.53. The first-order valence-corrected chi connectivity index (χ1v) is 13.7. The SMILES string of the molecule is CCCCCNC(=O)N(CCc1ccc(N)c(I)c1)C(=O)C(Cc1ccccc1)NC(=O)OC(C)(C)C. The monoisotopic (exact) mass is 622 g/mol. The number of unbranched alkanes of at least 4 members (excludes halogenated alkanes) is 2. The molecule has 202 valence electrons. The van der Waals surface area contributed by atoms with Crippen molar-refractivity contribution in [2.75, 3.05) is 18.8 Å². The van der Waals surface area contributed by atoms with Crippen molar-refractivity contribution in [1.29, 1.82) is 0 Å². The highest BCUT2D eigenvalue weighted by Crippen LogP contribution is 2.17. The van der Waals surface area contributed by atoms with Gasteiger partial charge in [-0.25, -0.2) is 9.59 Å². The van der Waals surface area contributed by atoms with Gasteiger partial charge in [0.25, 0.3) is 5.91 Å². The molecule has 0 aliphatic heterocycles. The minimum absolute atomic E-state index is 0.153. The Kier molecular flexibility index (Phi) is 12.2. The number of nitrogens with two attached hydrogens (primary N) is 1. The van der Waals surface area contributed by atoms with Crippen LogP contribution >= 0.6 is 22.6 Å². The molecule has 37 heavy (non-hydrogen) atoms. The number of nitrogens with zero attached hydrogens (tertiary/aromatic N) is 1. The van der Waals surface area contributed by atoms with Crippen LogP contribution in [0.5, 0.6) is 0 Å². The van der Waals surface area contributed by atoms with Crippen LogP contribution in [0.15, 0.2) is 48.5 Å². The van der Waals surface area contributed by atoms with Gasteiger partial charge in [-0.1, -0.05) is 56.2 Å². The number of carbonyl (C=O) groups is 3. The molecule has 0 saturated carbocycles. The van der Waals surface area contributed by atoms with Crippen molar-refractivity contribution < 1.29 is 19.1 Å². The van der Waals surface area contributed by atoms with Gasteiger partial charge in [-0.05, 0) is 79.5 Å². The normalized spacial score (nSPS) is 11.9. The number of amides is 4. The number of carbonyl (C=O) groups excluding carboxylic acids is 3. The summed E-state index contributed by atoms with van der Waals surface area (Å²) in [6, 6.07) is 13.6. The van der Waals surface area contributed by atoms with Crippen LogP contribution < -0.4 is 16.4 Å². The van der Waals surface area contributed by atoms with Gasteiger partial charge in [-0.15, -0.1) is 0 Å². The Hall–Kier alpha value is -2.82. The summed E-state index contributed by atoms with van der Waals surface area (Å²) in [5.41, 5.74) is 7.69. The van der Waals surface area contributed by atoms with E-state index in [1.54, 1.807) is 20.8 Å². The largest absolute Gasteiger partial charge is 0.444 e. The fourth-order valence-electron chi connectivity index (χ4n) is 3.63. The second kappa shape index (κ2) is 14.8. The molecule has 4 N–H and O–H groups in total. The molecule has 8 nitrogen and oxygen atoms in total. The van der Waals surface area contributed by atoms with Gasteiger partial charge in [0.15, 0.2) is 0 Å². The van der Waals surface area contributed by atoms with Crippen molar-refractivity contribution in [2.24, 2.45) is 0 Å². The van der Waals surface area contributed by atoms with E-state index in [9.17, 15) is 14.4 Å². The van der Waals surface area contributed by atoms with Crippen molar-refractivity contribution in [3.63, 3.8) is 0 Å². The molecule has 0 aliphatic carbocycles. The molecular weight excluding hydrogens is 583 g/mol. The first-order valence-electron chi connectivity index (χ1n) is 12.7. The topological polar surface area (TPSA) is 114 Å². The molecule has 0 radical (unpaired) electrons. The number of alkyl carbamates (subject to hydrolysis) is 1. The third-order valence-corrected chi connectivity index (χ3v) is 6.46. The van der Waals surface area contributed by atoms with Crippen LogP contribution in [0.4, 0.5) is 15.3 Å². The van der Waals surface area contributed by atoms with E-state index < -0.39 is 29.7 Å². The fraction of sp³-hybridized carbons (Fsp3) is 0.464. The van der Waals surface area contributed by atoms with Crippen molar-refractivity contribution in [3.8, 4) is 0 Å². The Morgan fingerprint density at radius 3 is 2.38 bits per heavy atom. The Morgan fingerprint density at radius 2 is 1.76 bits per heavy atom. The lowest BCUT2D eigenvalue weighted by atomic mass is 10.0. The number of hydrogen-bond acceptors (Lipinski definition) is 5. The van der Waals surface area contributed by atoms with Gasteiger partial charge >= 0.3 is 12.1 Å². The van der Waals surface area contributed by atoms with Crippen LogP contribution in [0.1, 0.15) is 58.1 Å². The van der Waals surface area contributed by atoms with Gasteiger partial charge < -0.3 is 21.1 Å². The first-order chi connectivity index (χ1) is 17.5. The van der Waals surface area contributed by atoms with E-state index in [4.69, 9.17) is 10.5 Å². The molecule has 0 spiro atoms. The summed E-state index contributed by atoms with van der Waals surface area (Å²) < 4.78 is 6.32. The Bertz CT molecular complexity index is 1040. The summed E-state index contributed by atoms with van der Waals surface area (Å²) in [5.74, 6) is -0.493. The number of hydrogen-bond donors (Lipinski definition) is 3. The Balaban J connectivity index is 2.28. The Morgan fingerprint density at radius 1 is 1.05 bits per heavy atom. The van der Waals surface area contributed by atoms with Crippen LogP contribution in [-0.4, -0.2) is 47.7 Å². The zero-order chi connectivity index (χ0) is 27.4. The van der Waals surface area contributed by atoms with Crippen molar-refractivity contribution in [3.05, 3.63) is 63.2 Å². The van der Waals surface area contributed by atoms with Gasteiger partial charge in [0, 0.05) is 28.8 Å². The van der Waals surface area contributed by atoms with Gasteiger partial charge in [-0.3, -0.25) is 9.69 Å². The fourth-order valence-corrected chi connectivity index (χ4v) is 4.21. The molecule has 0 fully saturated rings. The molecule has 1 atom stereocenters. The molecule has 9 heteroatoms. The zero-order valence-electron chi connectivity index (χ0n) is 22.2. The predicted octanol–water partition coefficient (Wildman–Crippen LogP) is 5.28. The van der Waals surface area contributed by atoms with E-state index in [0.717, 1.165) is 34.0 Å². The van der Waals surface area contributed by atoms with Crippen molar-refractivity contribution >= 4 is 46.3 Å². The smallest absolute Gasteiger partial charge is 0.408 e. The highest BCUT2D eigenvalue weighted by atomic mass is 127. The summed E-state index contributed by atoms with van der Waals surface area (Å²) in [4.78, 5) is 40.8. The average molecular weight is 623 g/mol. The minimum Gasteiger partial charge on any atom is -0.444 e. The molecule has 2 aromatic carbocycles. The van der Waals surface area contributed by atoms with E-state index in [1.807, 2.05) is 48.5 Å². The average Bonchev–Trinajstić information content (AvgIpc) is 2.83. The molecule has 2 rings (SSSR count). The summed E-state index contributed by atoms with van der Waals surface area (Å²) >= 11 is 2.16. The van der Waals surface area contributed by atoms with E-state index >= 15 is 0 Å². The molecule has 0 heterocycles. The van der Waals surface area contributed by atoms with Gasteiger partial charge in [-0.2, -0.15) is 0 Å². The van der Waals surface area contributed by atoms with Crippen molar-refractivity contribution in [2.45, 2.75) is 71.4 Å². The summed E-state index contributed by atoms with van der Waals surface area (Å²) in [6.07, 6.45) is 2.79. The lowest BCUT2D eigenvalue weighted by Crippen LogP contribution is -2.55. The van der Waals surface area contributed by atoms with E-state index in [1.165, 1.54) is 4.90 Å². The van der Waals surface area contributed by atoms with Crippen LogP contribution in [0, 0.1) is 3.57 Å². The highest BCUT2D eigenvalue weighted by Gasteiger charge is 2.31. The number of nitrogens with one attached hydrogen (secondary N) is 2. The van der Waals surface area contributed by atoms with E-state index in [0.29, 0.717) is 18.7 Å². The zero-order valence-corrected chi connectivity index (χ0v) is 24.3. The van der Waals surface area contributed by atoms with E-state index in [2.05, 4.69) is 40.1 Å². The number of halogens is 1. The number of urea groups is 1. The predicted molar refractivity (Wildman–Crippen MR) is 155 cm³/mol. The first kappa shape index (κ1) is 30.4. The lowest BCUT2D eigenvalue weighted by molar-refractivity contribution is -0.130. The van der Waals surface area contributed by atoms with Crippen LogP contribution in [0.3, 0.4) is 0 Å². The van der Waals surface area contributed by atoms with Crippen LogP contribution in [0.25, 0.3) is 0 Å². The van der Waals surface area contributed by atoms with Crippen molar-refractivity contribution in [1.82, 2.24) is 15.5 Å². The number of nitrogen functional groups attached to an aromatic ring is 1. The molecule has 0 bridgehead atoms. The number of benzene rings is 2. The number of imide groups is 1. The van der Waals surface area contributed by atoms with E-state index in [-0.39, 0.29) is 13.0 Å². The quantitative estimate of drug-likeness (QED) is 0.179. The van der Waals surface area contributed by atoms with Crippen LogP contribution in [0.2, 0.25) is 0 Å². The molecule has 4 amide bonds. The summed E-state index contributed by atoms with van der Waals surface area (Å²) in [5, 5.41) is 5.56. The summed E-state index contributed by atoms with van der Waals surface area (Å²) in [6.45, 7) is 7.97. The van der Waals surface area contributed by atoms with Gasteiger partial charge in [0.05, 0.1) is 0 Å². The maximum absolute atomic E-state index is 13.8. The molecular formula is C28H39IN4O4. The highest BCUT2D eigenvalue weighted by molar-refractivity contribution is 14.1. The molecule has 0 aliphatic rings. The second-order valence-electron chi connectivity index (χ2n) is 9.92. The molecule has 0 saturated heterocycles. The maximum Gasteiger partial charge on any atom is 0.408 e. The second-order valence-corrected chi connectivity index (χ2v) is 11.1. The number of anilines is 1. The lowest BCUT2D eigenvalue weighted by Gasteiger charge is -2.28. The summed E-state index contributed by atoms with van der Waals surface area (Å²) in [7, 11) is 0. The standard InChI is InChI=1S/C28H39IN4O4/c1-5-6-10-16-31-26(35)33(17-15-21-13-14-23(30)22(29)18-21)25(34)24(19-20-11-8-7-9-12-20)32-27(36)37-28(2,3)4/h7-9,11-14,18,24H,5-6,10,15-17,19,30H2,1-4H3,(H,31,35)(H,32,36).